The largest absolute Gasteiger partial charge is 0.462 e. The van der Waals surface area contributed by atoms with Crippen LogP contribution in [-0.2, 0) is 9.53 Å². The molecule has 0 aliphatic rings. The molecular formula is C12H19F3N2O2. The number of allylic oxidation sites excluding steroid dienone is 1. The number of carbonyl (C=O) groups is 1. The fraction of sp³-hybridized carbons (Fsp3) is 0.667. The first-order valence-electron chi connectivity index (χ1n) is 5.76. The van der Waals surface area contributed by atoms with Gasteiger partial charge in [0, 0.05) is 12.8 Å². The molecule has 0 aromatic heterocycles. The third-order valence-corrected chi connectivity index (χ3v) is 1.99. The molecule has 0 spiro atoms. The average molecular weight is 280 g/mol. The number of halogens is 3. The Morgan fingerprint density at radius 3 is 2.16 bits per heavy atom. The highest BCUT2D eigenvalue weighted by Crippen LogP contribution is 2.27. The summed E-state index contributed by atoms with van der Waals surface area (Å²) in [5.74, 6) is -1.16. The van der Waals surface area contributed by atoms with Crippen molar-refractivity contribution in [2.24, 2.45) is 5.41 Å². The van der Waals surface area contributed by atoms with Crippen molar-refractivity contribution in [1.82, 2.24) is 5.32 Å². The van der Waals surface area contributed by atoms with E-state index in [1.54, 1.807) is 20.8 Å². The molecule has 0 aliphatic heterocycles. The molecule has 110 valence electrons. The molecule has 0 unspecified atom stereocenters. The molecule has 0 atom stereocenters. The van der Waals surface area contributed by atoms with Crippen LogP contribution in [0, 0.1) is 10.8 Å². The summed E-state index contributed by atoms with van der Waals surface area (Å²) < 4.78 is 43.2. The lowest BCUT2D eigenvalue weighted by Gasteiger charge is -2.23. The first-order chi connectivity index (χ1) is 8.53. The van der Waals surface area contributed by atoms with Crippen LogP contribution in [0.4, 0.5) is 13.2 Å². The van der Waals surface area contributed by atoms with E-state index in [0.29, 0.717) is 6.21 Å². The number of hydrogen-bond donors (Lipinski definition) is 2. The van der Waals surface area contributed by atoms with Crippen molar-refractivity contribution in [3.8, 4) is 0 Å². The van der Waals surface area contributed by atoms with Crippen LogP contribution in [-0.4, -0.2) is 31.5 Å². The fourth-order valence-corrected chi connectivity index (χ4v) is 1.14. The minimum atomic E-state index is -4.75. The van der Waals surface area contributed by atoms with Crippen LogP contribution < -0.4 is 5.32 Å². The lowest BCUT2D eigenvalue weighted by molar-refractivity contribution is -0.139. The zero-order valence-corrected chi connectivity index (χ0v) is 11.4. The molecule has 19 heavy (non-hydrogen) atoms. The predicted molar refractivity (Wildman–Crippen MR) is 66.0 cm³/mol. The molecule has 0 aromatic carbocycles. The number of nitrogens with one attached hydrogen (secondary N) is 2. The Labute approximate surface area is 110 Å². The number of rotatable bonds is 5. The number of carbonyl (C=O) groups excluding carboxylic acids is 1. The zero-order chi connectivity index (χ0) is 15.3. The number of ether oxygens (including phenoxy) is 1. The van der Waals surface area contributed by atoms with E-state index < -0.39 is 28.8 Å². The monoisotopic (exact) mass is 280 g/mol. The molecule has 0 heterocycles. The van der Waals surface area contributed by atoms with Crippen LogP contribution in [0.15, 0.2) is 11.3 Å². The van der Waals surface area contributed by atoms with Gasteiger partial charge in [-0.1, -0.05) is 20.8 Å². The van der Waals surface area contributed by atoms with Crippen LogP contribution in [0.2, 0.25) is 0 Å². The second-order valence-corrected chi connectivity index (χ2v) is 5.07. The normalized spacial score (nSPS) is 13.6. The van der Waals surface area contributed by atoms with Gasteiger partial charge in [0.2, 0.25) is 0 Å². The minimum Gasteiger partial charge on any atom is -0.462 e. The van der Waals surface area contributed by atoms with Crippen molar-refractivity contribution in [3.05, 3.63) is 11.3 Å². The van der Waals surface area contributed by atoms with Gasteiger partial charge in [-0.15, -0.1) is 0 Å². The van der Waals surface area contributed by atoms with Gasteiger partial charge >= 0.3 is 12.1 Å². The third-order valence-electron chi connectivity index (χ3n) is 1.99. The Balaban J connectivity index is 5.41. The summed E-state index contributed by atoms with van der Waals surface area (Å²) in [6.45, 7) is 6.70. The lowest BCUT2D eigenvalue weighted by atomic mass is 9.96. The molecule has 0 fully saturated rings. The van der Waals surface area contributed by atoms with E-state index in [9.17, 15) is 18.0 Å². The van der Waals surface area contributed by atoms with Gasteiger partial charge in [-0.2, -0.15) is 13.2 Å². The van der Waals surface area contributed by atoms with Crippen LogP contribution >= 0.6 is 0 Å². The maximum Gasteiger partial charge on any atom is 0.431 e. The number of alkyl halides is 3. The molecule has 0 radical (unpaired) electrons. The van der Waals surface area contributed by atoms with E-state index in [4.69, 9.17) is 5.41 Å². The van der Waals surface area contributed by atoms with Crippen molar-refractivity contribution < 1.29 is 22.7 Å². The molecule has 0 bridgehead atoms. The van der Waals surface area contributed by atoms with Crippen LogP contribution in [0.5, 0.6) is 0 Å². The van der Waals surface area contributed by atoms with Crippen molar-refractivity contribution in [3.63, 3.8) is 0 Å². The molecule has 0 amide bonds. The molecule has 0 aliphatic carbocycles. The molecule has 0 saturated carbocycles. The molecule has 0 aromatic rings. The van der Waals surface area contributed by atoms with Crippen LogP contribution in [0.25, 0.3) is 0 Å². The zero-order valence-electron chi connectivity index (χ0n) is 11.4. The van der Waals surface area contributed by atoms with Crippen molar-refractivity contribution in [2.45, 2.75) is 33.9 Å². The van der Waals surface area contributed by atoms with Gasteiger partial charge in [0.25, 0.3) is 0 Å². The second-order valence-electron chi connectivity index (χ2n) is 5.07. The first kappa shape index (κ1) is 17.5. The highest BCUT2D eigenvalue weighted by atomic mass is 19.4. The quantitative estimate of drug-likeness (QED) is 0.462. The molecule has 2 N–H and O–H groups in total. The Morgan fingerprint density at radius 1 is 1.32 bits per heavy atom. The highest BCUT2D eigenvalue weighted by Gasteiger charge is 2.38. The molecule has 4 nitrogen and oxygen atoms in total. The Hall–Kier alpha value is -1.53. The predicted octanol–water partition coefficient (Wildman–Crippen LogP) is 2.65. The Kier molecular flexibility index (Phi) is 6.05. The molecule has 0 rings (SSSR count). The Bertz CT molecular complexity index is 368. The van der Waals surface area contributed by atoms with Gasteiger partial charge in [-0.25, -0.2) is 4.79 Å². The van der Waals surface area contributed by atoms with E-state index in [1.165, 1.54) is 6.92 Å². The lowest BCUT2D eigenvalue weighted by Crippen LogP contribution is -2.35. The van der Waals surface area contributed by atoms with Gasteiger partial charge in [-0.3, -0.25) is 0 Å². The van der Waals surface area contributed by atoms with Gasteiger partial charge in [0.15, 0.2) is 0 Å². The molecule has 0 saturated heterocycles. The summed E-state index contributed by atoms with van der Waals surface area (Å²) in [6.07, 6.45) is -4.39. The van der Waals surface area contributed by atoms with Crippen molar-refractivity contribution >= 4 is 12.2 Å². The minimum absolute atomic E-state index is 0.0125. The molecular weight excluding hydrogens is 261 g/mol. The van der Waals surface area contributed by atoms with E-state index in [1.807, 2.05) is 0 Å². The third kappa shape index (κ3) is 6.26. The smallest absolute Gasteiger partial charge is 0.431 e. The summed E-state index contributed by atoms with van der Waals surface area (Å²) in [7, 11) is 0. The van der Waals surface area contributed by atoms with Crippen LogP contribution in [0.1, 0.15) is 27.7 Å². The van der Waals surface area contributed by atoms with Crippen molar-refractivity contribution in [2.75, 3.05) is 13.2 Å². The van der Waals surface area contributed by atoms with Crippen molar-refractivity contribution in [1.29, 1.82) is 5.41 Å². The summed E-state index contributed by atoms with van der Waals surface area (Å²) in [5.41, 5.74) is -2.47. The summed E-state index contributed by atoms with van der Waals surface area (Å²) >= 11 is 0. The fourth-order valence-electron chi connectivity index (χ4n) is 1.14. The summed E-state index contributed by atoms with van der Waals surface area (Å²) in [6, 6.07) is 0. The topological polar surface area (TPSA) is 62.2 Å². The standard InChI is InChI=1S/C12H19F3N2O2/c1-5-19-10(18)8(6-16)9(12(13,14)15)17-7-11(2,3)4/h6,16-17H,5,7H2,1-4H3/b9-8+,16-6?. The van der Waals surface area contributed by atoms with E-state index in [-0.39, 0.29) is 13.2 Å². The maximum absolute atomic E-state index is 12.9. The molecule has 7 heteroatoms. The SMILES string of the molecule is CCOC(=O)/C(C=N)=C(/NCC(C)(C)C)C(F)(F)F. The van der Waals surface area contributed by atoms with Gasteiger partial charge in [0.1, 0.15) is 11.3 Å². The number of hydrogen-bond acceptors (Lipinski definition) is 4. The van der Waals surface area contributed by atoms with E-state index >= 15 is 0 Å². The van der Waals surface area contributed by atoms with Gasteiger partial charge in [0.05, 0.1) is 6.61 Å². The average Bonchev–Trinajstić information content (AvgIpc) is 2.21. The summed E-state index contributed by atoms with van der Waals surface area (Å²) in [5, 5.41) is 9.18. The van der Waals surface area contributed by atoms with E-state index in [2.05, 4.69) is 10.1 Å². The first-order valence-corrected chi connectivity index (χ1v) is 5.76. The second kappa shape index (κ2) is 6.58. The van der Waals surface area contributed by atoms with Gasteiger partial charge in [-0.05, 0) is 12.3 Å². The highest BCUT2D eigenvalue weighted by molar-refractivity contribution is 6.09. The van der Waals surface area contributed by atoms with E-state index in [0.717, 1.165) is 0 Å². The number of esters is 1. The maximum atomic E-state index is 12.9. The van der Waals surface area contributed by atoms with Gasteiger partial charge < -0.3 is 15.5 Å². The van der Waals surface area contributed by atoms with Crippen LogP contribution in [0.3, 0.4) is 0 Å². The summed E-state index contributed by atoms with van der Waals surface area (Å²) in [4.78, 5) is 11.4. The Morgan fingerprint density at radius 2 is 1.84 bits per heavy atom.